The van der Waals surface area contributed by atoms with Gasteiger partial charge in [-0.05, 0) is 35.5 Å². The molecule has 2 aromatic heterocycles. The highest BCUT2D eigenvalue weighted by molar-refractivity contribution is 9.10. The van der Waals surface area contributed by atoms with Gasteiger partial charge in [-0.3, -0.25) is 9.67 Å². The highest BCUT2D eigenvalue weighted by atomic mass is 79.9. The molecule has 2 heterocycles. The molecule has 0 saturated carbocycles. The van der Waals surface area contributed by atoms with Crippen molar-refractivity contribution < 1.29 is 4.74 Å². The highest BCUT2D eigenvalue weighted by Crippen LogP contribution is 2.30. The van der Waals surface area contributed by atoms with Crippen molar-refractivity contribution in [3.8, 4) is 5.75 Å². The lowest BCUT2D eigenvalue weighted by Gasteiger charge is -2.20. The second-order valence-corrected chi connectivity index (χ2v) is 5.69. The zero-order valence-electron chi connectivity index (χ0n) is 12.9. The van der Waals surface area contributed by atoms with Crippen LogP contribution in [-0.2, 0) is 13.5 Å². The van der Waals surface area contributed by atoms with E-state index >= 15 is 0 Å². The van der Waals surface area contributed by atoms with Gasteiger partial charge in [-0.15, -0.1) is 0 Å². The SMILES string of the molecule is CCNC(Cc1c(Br)c(C)nn1C)c1ccncc1OC. The molecule has 2 aromatic rings. The molecule has 0 spiro atoms. The fraction of sp³-hybridized carbons (Fsp3) is 0.467. The van der Waals surface area contributed by atoms with E-state index in [1.165, 1.54) is 0 Å². The van der Waals surface area contributed by atoms with Gasteiger partial charge in [0.25, 0.3) is 0 Å². The first-order chi connectivity index (χ1) is 10.1. The summed E-state index contributed by atoms with van der Waals surface area (Å²) in [6.45, 7) is 4.98. The molecule has 0 fully saturated rings. The average Bonchev–Trinajstić information content (AvgIpc) is 2.73. The Labute approximate surface area is 133 Å². The maximum absolute atomic E-state index is 5.44. The lowest BCUT2D eigenvalue weighted by atomic mass is 10.0. The summed E-state index contributed by atoms with van der Waals surface area (Å²) in [7, 11) is 3.65. The molecule has 0 aliphatic carbocycles. The van der Waals surface area contributed by atoms with Crippen LogP contribution < -0.4 is 10.1 Å². The minimum absolute atomic E-state index is 0.152. The molecular formula is C15H21BrN4O. The standard InChI is InChI=1S/C15H21BrN4O/c1-5-18-12(11-6-7-17-9-14(11)21-4)8-13-15(16)10(2)19-20(13)3/h6-7,9,12,18H,5,8H2,1-4H3. The van der Waals surface area contributed by atoms with E-state index in [0.29, 0.717) is 0 Å². The van der Waals surface area contributed by atoms with Crippen molar-refractivity contribution >= 4 is 15.9 Å². The van der Waals surface area contributed by atoms with Gasteiger partial charge in [0.1, 0.15) is 5.75 Å². The number of likely N-dealkylation sites (N-methyl/N-ethyl adjacent to an activating group) is 1. The van der Waals surface area contributed by atoms with Crippen molar-refractivity contribution in [2.75, 3.05) is 13.7 Å². The van der Waals surface area contributed by atoms with Crippen LogP contribution in [0.4, 0.5) is 0 Å². The molecule has 0 amide bonds. The third-order valence-electron chi connectivity index (χ3n) is 3.52. The molecule has 2 rings (SSSR count). The van der Waals surface area contributed by atoms with Crippen molar-refractivity contribution in [2.45, 2.75) is 26.3 Å². The first-order valence-electron chi connectivity index (χ1n) is 6.97. The minimum atomic E-state index is 0.152. The molecule has 1 unspecified atom stereocenters. The van der Waals surface area contributed by atoms with E-state index in [2.05, 4.69) is 38.3 Å². The first kappa shape index (κ1) is 16.0. The van der Waals surface area contributed by atoms with E-state index in [0.717, 1.165) is 40.1 Å². The van der Waals surface area contributed by atoms with Gasteiger partial charge in [-0.1, -0.05) is 6.92 Å². The Balaban J connectivity index is 2.35. The molecule has 0 aliphatic rings. The second kappa shape index (κ2) is 7.04. The first-order valence-corrected chi connectivity index (χ1v) is 7.77. The zero-order chi connectivity index (χ0) is 15.4. The molecule has 6 heteroatoms. The predicted molar refractivity (Wildman–Crippen MR) is 86.6 cm³/mol. The maximum Gasteiger partial charge on any atom is 0.141 e. The Bertz CT molecular complexity index is 612. The molecule has 114 valence electrons. The number of nitrogens with one attached hydrogen (secondary N) is 1. The van der Waals surface area contributed by atoms with E-state index in [9.17, 15) is 0 Å². The Kier molecular flexibility index (Phi) is 5.36. The van der Waals surface area contributed by atoms with E-state index in [1.807, 2.05) is 24.7 Å². The number of hydrogen-bond acceptors (Lipinski definition) is 4. The van der Waals surface area contributed by atoms with Crippen LogP contribution in [0.5, 0.6) is 5.75 Å². The van der Waals surface area contributed by atoms with Crippen LogP contribution in [0.1, 0.15) is 29.9 Å². The number of rotatable bonds is 6. The third-order valence-corrected chi connectivity index (χ3v) is 4.55. The second-order valence-electron chi connectivity index (χ2n) is 4.90. The van der Waals surface area contributed by atoms with Gasteiger partial charge in [-0.2, -0.15) is 5.10 Å². The van der Waals surface area contributed by atoms with Crippen molar-refractivity contribution in [1.29, 1.82) is 0 Å². The Morgan fingerprint density at radius 3 is 2.81 bits per heavy atom. The average molecular weight is 353 g/mol. The van der Waals surface area contributed by atoms with Crippen LogP contribution >= 0.6 is 15.9 Å². The van der Waals surface area contributed by atoms with Gasteiger partial charge in [-0.25, -0.2) is 0 Å². The lowest BCUT2D eigenvalue weighted by molar-refractivity contribution is 0.396. The van der Waals surface area contributed by atoms with Crippen LogP contribution in [0.3, 0.4) is 0 Å². The summed E-state index contributed by atoms with van der Waals surface area (Å²) in [6.07, 6.45) is 4.38. The summed E-state index contributed by atoms with van der Waals surface area (Å²) in [6, 6.07) is 2.16. The maximum atomic E-state index is 5.44. The van der Waals surface area contributed by atoms with Crippen LogP contribution in [0.25, 0.3) is 0 Å². The molecule has 0 aromatic carbocycles. The number of aryl methyl sites for hydroxylation is 2. The Hall–Kier alpha value is -1.40. The number of ether oxygens (including phenoxy) is 1. The topological polar surface area (TPSA) is 52.0 Å². The van der Waals surface area contributed by atoms with Gasteiger partial charge >= 0.3 is 0 Å². The molecule has 1 atom stereocenters. The van der Waals surface area contributed by atoms with Crippen molar-refractivity contribution in [2.24, 2.45) is 7.05 Å². The normalized spacial score (nSPS) is 12.4. The van der Waals surface area contributed by atoms with Crippen LogP contribution in [0.2, 0.25) is 0 Å². The molecule has 0 bridgehead atoms. The van der Waals surface area contributed by atoms with Gasteiger partial charge < -0.3 is 10.1 Å². The summed E-state index contributed by atoms with van der Waals surface area (Å²) in [5.41, 5.74) is 3.28. The molecule has 0 aliphatic heterocycles. The van der Waals surface area contributed by atoms with E-state index in [-0.39, 0.29) is 6.04 Å². The Morgan fingerprint density at radius 1 is 1.48 bits per heavy atom. The molecular weight excluding hydrogens is 332 g/mol. The predicted octanol–water partition coefficient (Wildman–Crippen LogP) is 2.79. The minimum Gasteiger partial charge on any atom is -0.495 e. The number of pyridine rings is 1. The highest BCUT2D eigenvalue weighted by Gasteiger charge is 2.20. The largest absolute Gasteiger partial charge is 0.495 e. The smallest absolute Gasteiger partial charge is 0.141 e. The monoisotopic (exact) mass is 352 g/mol. The van der Waals surface area contributed by atoms with Crippen LogP contribution in [-0.4, -0.2) is 28.4 Å². The number of halogens is 1. The van der Waals surface area contributed by atoms with E-state index in [1.54, 1.807) is 19.5 Å². The van der Waals surface area contributed by atoms with Crippen molar-refractivity contribution in [3.05, 3.63) is 39.9 Å². The fourth-order valence-electron chi connectivity index (χ4n) is 2.48. The molecule has 21 heavy (non-hydrogen) atoms. The summed E-state index contributed by atoms with van der Waals surface area (Å²) in [4.78, 5) is 4.13. The molecule has 0 radical (unpaired) electrons. The van der Waals surface area contributed by atoms with Crippen molar-refractivity contribution in [3.63, 3.8) is 0 Å². The summed E-state index contributed by atoms with van der Waals surface area (Å²) >= 11 is 3.63. The number of nitrogens with zero attached hydrogens (tertiary/aromatic N) is 3. The van der Waals surface area contributed by atoms with Crippen LogP contribution in [0, 0.1) is 6.92 Å². The zero-order valence-corrected chi connectivity index (χ0v) is 14.4. The summed E-state index contributed by atoms with van der Waals surface area (Å²) in [5.74, 6) is 0.804. The number of aromatic nitrogens is 3. The van der Waals surface area contributed by atoms with E-state index < -0.39 is 0 Å². The van der Waals surface area contributed by atoms with Crippen LogP contribution in [0.15, 0.2) is 22.9 Å². The van der Waals surface area contributed by atoms with Gasteiger partial charge in [0.15, 0.2) is 0 Å². The Morgan fingerprint density at radius 2 is 2.24 bits per heavy atom. The fourth-order valence-corrected chi connectivity index (χ4v) is 2.98. The number of methoxy groups -OCH3 is 1. The van der Waals surface area contributed by atoms with E-state index in [4.69, 9.17) is 4.74 Å². The summed E-state index contributed by atoms with van der Waals surface area (Å²) in [5, 5.41) is 7.97. The number of hydrogen-bond donors (Lipinski definition) is 1. The van der Waals surface area contributed by atoms with Gasteiger partial charge in [0, 0.05) is 31.3 Å². The molecule has 1 N–H and O–H groups in total. The van der Waals surface area contributed by atoms with Gasteiger partial charge in [0.2, 0.25) is 0 Å². The lowest BCUT2D eigenvalue weighted by Crippen LogP contribution is -2.24. The molecule has 0 saturated heterocycles. The third kappa shape index (κ3) is 3.44. The molecule has 5 nitrogen and oxygen atoms in total. The quantitative estimate of drug-likeness (QED) is 0.868. The van der Waals surface area contributed by atoms with Gasteiger partial charge in [0.05, 0.1) is 29.2 Å². The summed E-state index contributed by atoms with van der Waals surface area (Å²) < 4.78 is 8.44. The van der Waals surface area contributed by atoms with Crippen molar-refractivity contribution in [1.82, 2.24) is 20.1 Å².